The molecule has 2 aromatic carbocycles. The number of aryl methyl sites for hydroxylation is 1. The van der Waals surface area contributed by atoms with Gasteiger partial charge in [0.05, 0.1) is 13.2 Å². The molecule has 0 saturated heterocycles. The van der Waals surface area contributed by atoms with E-state index in [-0.39, 0.29) is 6.04 Å². The molecular weight excluding hydrogens is 234 g/mol. The third-order valence-electron chi connectivity index (χ3n) is 3.64. The summed E-state index contributed by atoms with van der Waals surface area (Å²) >= 11 is 0. The van der Waals surface area contributed by atoms with Crippen LogP contribution in [-0.4, -0.2) is 14.2 Å². The van der Waals surface area contributed by atoms with Gasteiger partial charge in [-0.1, -0.05) is 42.5 Å². The predicted octanol–water partition coefficient (Wildman–Crippen LogP) is 3.62. The Balaban J connectivity index is 2.53. The van der Waals surface area contributed by atoms with Crippen molar-refractivity contribution in [1.82, 2.24) is 5.32 Å². The van der Waals surface area contributed by atoms with E-state index < -0.39 is 0 Å². The third kappa shape index (κ3) is 2.64. The zero-order valence-electron chi connectivity index (χ0n) is 12.0. The van der Waals surface area contributed by atoms with E-state index in [1.54, 1.807) is 7.11 Å². The molecule has 0 radical (unpaired) electrons. The topological polar surface area (TPSA) is 21.3 Å². The second-order valence-corrected chi connectivity index (χ2v) is 4.76. The quantitative estimate of drug-likeness (QED) is 0.901. The lowest BCUT2D eigenvalue weighted by Gasteiger charge is -2.22. The minimum absolute atomic E-state index is 0.149. The molecule has 1 unspecified atom stereocenters. The molecule has 100 valence electrons. The molecule has 0 heterocycles. The first-order valence-corrected chi connectivity index (χ1v) is 6.55. The van der Waals surface area contributed by atoms with Gasteiger partial charge in [-0.05, 0) is 37.6 Å². The Hall–Kier alpha value is -1.80. The zero-order valence-corrected chi connectivity index (χ0v) is 12.0. The number of benzene rings is 2. The van der Waals surface area contributed by atoms with Gasteiger partial charge in [-0.15, -0.1) is 0 Å². The van der Waals surface area contributed by atoms with Crippen molar-refractivity contribution in [2.24, 2.45) is 0 Å². The number of rotatable bonds is 4. The summed E-state index contributed by atoms with van der Waals surface area (Å²) in [5.74, 6) is 0.975. The van der Waals surface area contributed by atoms with Crippen LogP contribution in [0.1, 0.15) is 28.3 Å². The Labute approximate surface area is 115 Å². The number of hydrogen-bond acceptors (Lipinski definition) is 2. The Morgan fingerprint density at radius 3 is 2.26 bits per heavy atom. The minimum atomic E-state index is 0.149. The fraction of sp³-hybridized carbons (Fsp3) is 0.294. The van der Waals surface area contributed by atoms with Gasteiger partial charge in [-0.2, -0.15) is 0 Å². The first kappa shape index (κ1) is 13.6. The fourth-order valence-electron chi connectivity index (χ4n) is 2.46. The first-order valence-electron chi connectivity index (χ1n) is 6.55. The average Bonchev–Trinajstić information content (AvgIpc) is 2.45. The van der Waals surface area contributed by atoms with Crippen molar-refractivity contribution in [2.45, 2.75) is 19.9 Å². The molecule has 2 aromatic rings. The number of methoxy groups -OCH3 is 1. The Morgan fingerprint density at radius 1 is 1.00 bits per heavy atom. The van der Waals surface area contributed by atoms with Crippen LogP contribution in [0, 0.1) is 13.8 Å². The Bertz CT molecular complexity index is 549. The molecule has 0 aliphatic heterocycles. The summed E-state index contributed by atoms with van der Waals surface area (Å²) in [6.07, 6.45) is 0. The molecule has 1 N–H and O–H groups in total. The lowest BCUT2D eigenvalue weighted by molar-refractivity contribution is 0.402. The van der Waals surface area contributed by atoms with Crippen LogP contribution in [0.15, 0.2) is 42.5 Å². The maximum atomic E-state index is 5.62. The van der Waals surface area contributed by atoms with E-state index in [4.69, 9.17) is 4.74 Å². The molecule has 2 heteroatoms. The van der Waals surface area contributed by atoms with E-state index in [9.17, 15) is 0 Å². The van der Waals surface area contributed by atoms with Gasteiger partial charge in [0.25, 0.3) is 0 Å². The van der Waals surface area contributed by atoms with Crippen LogP contribution in [0.25, 0.3) is 0 Å². The predicted molar refractivity (Wildman–Crippen MR) is 79.8 cm³/mol. The Morgan fingerprint density at radius 2 is 1.68 bits per heavy atom. The monoisotopic (exact) mass is 255 g/mol. The third-order valence-corrected chi connectivity index (χ3v) is 3.64. The van der Waals surface area contributed by atoms with Gasteiger partial charge in [0.2, 0.25) is 0 Å². The van der Waals surface area contributed by atoms with E-state index >= 15 is 0 Å². The van der Waals surface area contributed by atoms with Gasteiger partial charge in [-0.3, -0.25) is 0 Å². The highest BCUT2D eigenvalue weighted by Crippen LogP contribution is 2.33. The largest absolute Gasteiger partial charge is 0.496 e. The molecule has 2 nitrogen and oxygen atoms in total. The SMILES string of the molecule is CNC(c1ccccc1)c1ccc(C)c(C)c1OC. The lowest BCUT2D eigenvalue weighted by atomic mass is 9.94. The van der Waals surface area contributed by atoms with Crippen LogP contribution >= 0.6 is 0 Å². The average molecular weight is 255 g/mol. The van der Waals surface area contributed by atoms with Gasteiger partial charge >= 0.3 is 0 Å². The van der Waals surface area contributed by atoms with Gasteiger partial charge in [0.1, 0.15) is 5.75 Å². The molecule has 0 saturated carbocycles. The maximum absolute atomic E-state index is 5.62. The van der Waals surface area contributed by atoms with Crippen LogP contribution in [0.3, 0.4) is 0 Å². The first-order chi connectivity index (χ1) is 9.19. The van der Waals surface area contributed by atoms with E-state index in [1.165, 1.54) is 22.3 Å². The molecule has 0 spiro atoms. The van der Waals surface area contributed by atoms with E-state index in [0.29, 0.717) is 0 Å². The molecular formula is C17H21NO. The summed E-state index contributed by atoms with van der Waals surface area (Å²) in [6.45, 7) is 4.22. The summed E-state index contributed by atoms with van der Waals surface area (Å²) in [5.41, 5.74) is 4.88. The van der Waals surface area contributed by atoms with Gasteiger partial charge in [0, 0.05) is 5.56 Å². The van der Waals surface area contributed by atoms with Crippen molar-refractivity contribution in [3.63, 3.8) is 0 Å². The van der Waals surface area contributed by atoms with E-state index in [1.807, 2.05) is 13.1 Å². The van der Waals surface area contributed by atoms with Crippen molar-refractivity contribution < 1.29 is 4.74 Å². The Kier molecular flexibility index (Phi) is 4.23. The summed E-state index contributed by atoms with van der Waals surface area (Å²) in [5, 5.41) is 3.38. The van der Waals surface area contributed by atoms with E-state index in [2.05, 4.69) is 55.6 Å². The van der Waals surface area contributed by atoms with Crippen LogP contribution in [0.4, 0.5) is 0 Å². The van der Waals surface area contributed by atoms with Crippen molar-refractivity contribution in [3.05, 3.63) is 64.7 Å². The van der Waals surface area contributed by atoms with E-state index in [0.717, 1.165) is 5.75 Å². The lowest BCUT2D eigenvalue weighted by Crippen LogP contribution is -2.18. The number of nitrogens with one attached hydrogen (secondary N) is 1. The fourth-order valence-corrected chi connectivity index (χ4v) is 2.46. The highest BCUT2D eigenvalue weighted by atomic mass is 16.5. The van der Waals surface area contributed by atoms with Crippen molar-refractivity contribution in [2.75, 3.05) is 14.2 Å². The van der Waals surface area contributed by atoms with Crippen LogP contribution in [0.2, 0.25) is 0 Å². The van der Waals surface area contributed by atoms with Crippen molar-refractivity contribution in [3.8, 4) is 5.75 Å². The molecule has 0 aliphatic carbocycles. The molecule has 2 rings (SSSR count). The summed E-state index contributed by atoms with van der Waals surface area (Å²) in [4.78, 5) is 0. The molecule has 0 aromatic heterocycles. The number of ether oxygens (including phenoxy) is 1. The minimum Gasteiger partial charge on any atom is -0.496 e. The zero-order chi connectivity index (χ0) is 13.8. The summed E-state index contributed by atoms with van der Waals surface area (Å²) in [7, 11) is 3.72. The molecule has 19 heavy (non-hydrogen) atoms. The molecule has 0 aliphatic rings. The van der Waals surface area contributed by atoms with Crippen LogP contribution in [0.5, 0.6) is 5.75 Å². The molecule has 0 bridgehead atoms. The highest BCUT2D eigenvalue weighted by Gasteiger charge is 2.18. The van der Waals surface area contributed by atoms with Crippen LogP contribution < -0.4 is 10.1 Å². The number of hydrogen-bond donors (Lipinski definition) is 1. The molecule has 1 atom stereocenters. The standard InChI is InChI=1S/C17H21NO/c1-12-10-11-15(17(19-4)13(12)2)16(18-3)14-8-6-5-7-9-14/h5-11,16,18H,1-4H3. The van der Waals surface area contributed by atoms with Gasteiger partial charge in [0.15, 0.2) is 0 Å². The summed E-state index contributed by atoms with van der Waals surface area (Å²) in [6, 6.07) is 14.9. The smallest absolute Gasteiger partial charge is 0.127 e. The molecule has 0 amide bonds. The maximum Gasteiger partial charge on any atom is 0.127 e. The van der Waals surface area contributed by atoms with Crippen molar-refractivity contribution in [1.29, 1.82) is 0 Å². The van der Waals surface area contributed by atoms with Gasteiger partial charge < -0.3 is 10.1 Å². The highest BCUT2D eigenvalue weighted by molar-refractivity contribution is 5.49. The van der Waals surface area contributed by atoms with Gasteiger partial charge in [-0.25, -0.2) is 0 Å². The summed E-state index contributed by atoms with van der Waals surface area (Å²) < 4.78 is 5.62. The van der Waals surface area contributed by atoms with Crippen LogP contribution in [-0.2, 0) is 0 Å². The van der Waals surface area contributed by atoms with Crippen molar-refractivity contribution >= 4 is 0 Å². The molecule has 0 fully saturated rings. The second-order valence-electron chi connectivity index (χ2n) is 4.76. The second kappa shape index (κ2) is 5.89. The normalized spacial score (nSPS) is 12.2.